The Morgan fingerprint density at radius 1 is 1.05 bits per heavy atom. The van der Waals surface area contributed by atoms with Crippen LogP contribution in [0, 0.1) is 7.14 Å². The quantitative estimate of drug-likeness (QED) is 0.514. The molecule has 1 N–H and O–H groups in total. The number of hydrogen-bond donors (Lipinski definition) is 1. The van der Waals surface area contributed by atoms with Crippen LogP contribution in [0.1, 0.15) is 17.3 Å². The van der Waals surface area contributed by atoms with E-state index in [1.54, 1.807) is 13.0 Å². The van der Waals surface area contributed by atoms with Crippen LogP contribution in [0.15, 0.2) is 54.6 Å². The summed E-state index contributed by atoms with van der Waals surface area (Å²) in [7, 11) is 1.31. The van der Waals surface area contributed by atoms with Crippen molar-refractivity contribution in [3.63, 3.8) is 0 Å². The average Bonchev–Trinajstić information content (AvgIpc) is 2.55. The van der Waals surface area contributed by atoms with Crippen molar-refractivity contribution in [3.05, 3.63) is 67.3 Å². The summed E-state index contributed by atoms with van der Waals surface area (Å²) in [6, 6.07) is 17.0. The van der Waals surface area contributed by atoms with Crippen LogP contribution < -0.4 is 26.5 Å². The molecule has 4 nitrogen and oxygen atoms in total. The van der Waals surface area contributed by atoms with Gasteiger partial charge in [-0.2, -0.15) is 0 Å². The Kier molecular flexibility index (Phi) is 5.94. The lowest BCUT2D eigenvalue weighted by atomic mass is 10.2. The van der Waals surface area contributed by atoms with Gasteiger partial charge in [-0.05, 0) is 31.2 Å². The van der Waals surface area contributed by atoms with Crippen molar-refractivity contribution in [1.29, 1.82) is 0 Å². The first-order valence-corrected chi connectivity index (χ1v) is 8.95. The standard InChI is InChI=1S/C17H16INO3/c1-12(17(21)22-2)19-16(20)14-10-6-7-11-15(14)18-13-8-4-3-5-9-13/h3-12H,1-2H3/p+1/t12-/m0/s1. The first kappa shape index (κ1) is 16.5. The Labute approximate surface area is 140 Å². The molecule has 1 amide bonds. The second-order valence-electron chi connectivity index (χ2n) is 4.59. The van der Waals surface area contributed by atoms with Crippen LogP contribution in [0.3, 0.4) is 0 Å². The van der Waals surface area contributed by atoms with Gasteiger partial charge in [0.15, 0.2) is 3.57 Å². The number of carbonyl (C=O) groups is 2. The highest BCUT2D eigenvalue weighted by Gasteiger charge is 2.25. The minimum Gasteiger partial charge on any atom is -0.467 e. The number of nitrogens with one attached hydrogen (secondary N) is 1. The molecule has 114 valence electrons. The maximum Gasteiger partial charge on any atom is 0.358 e. The number of halogens is 1. The summed E-state index contributed by atoms with van der Waals surface area (Å²) in [4.78, 5) is 23.8. The van der Waals surface area contributed by atoms with E-state index in [1.807, 2.05) is 36.4 Å². The third kappa shape index (κ3) is 4.30. The number of esters is 1. The van der Waals surface area contributed by atoms with E-state index >= 15 is 0 Å². The summed E-state index contributed by atoms with van der Waals surface area (Å²) in [6.07, 6.45) is 0. The molecule has 0 aliphatic heterocycles. The normalized spacial score (nSPS) is 11.5. The third-order valence-corrected chi connectivity index (χ3v) is 5.83. The summed E-state index contributed by atoms with van der Waals surface area (Å²) in [5, 5.41) is 2.68. The van der Waals surface area contributed by atoms with Crippen LogP contribution in [0.5, 0.6) is 0 Å². The number of ether oxygens (including phenoxy) is 1. The monoisotopic (exact) mass is 410 g/mol. The molecule has 0 bridgehead atoms. The highest BCUT2D eigenvalue weighted by atomic mass is 127. The summed E-state index contributed by atoms with van der Waals surface area (Å²) < 4.78 is 6.90. The second-order valence-corrected chi connectivity index (χ2v) is 7.54. The van der Waals surface area contributed by atoms with E-state index in [-0.39, 0.29) is 5.91 Å². The lowest BCUT2D eigenvalue weighted by molar-refractivity contribution is -0.597. The van der Waals surface area contributed by atoms with Gasteiger partial charge in [-0.1, -0.05) is 30.3 Å². The van der Waals surface area contributed by atoms with Crippen molar-refractivity contribution in [2.45, 2.75) is 13.0 Å². The van der Waals surface area contributed by atoms with Crippen molar-refractivity contribution in [2.75, 3.05) is 7.11 Å². The number of carbonyl (C=O) groups excluding carboxylic acids is 2. The van der Waals surface area contributed by atoms with Crippen molar-refractivity contribution in [3.8, 4) is 0 Å². The zero-order valence-corrected chi connectivity index (χ0v) is 14.5. The molecular weight excluding hydrogens is 393 g/mol. The van der Waals surface area contributed by atoms with Crippen LogP contribution in [0.2, 0.25) is 0 Å². The van der Waals surface area contributed by atoms with Crippen LogP contribution in [-0.2, 0) is 9.53 Å². The van der Waals surface area contributed by atoms with E-state index in [0.717, 1.165) is 3.57 Å². The fraction of sp³-hybridized carbons (Fsp3) is 0.176. The van der Waals surface area contributed by atoms with Gasteiger partial charge < -0.3 is 10.1 Å². The molecular formula is C17H17INO3+. The lowest BCUT2D eigenvalue weighted by Gasteiger charge is -2.11. The Hall–Kier alpha value is -1.89. The van der Waals surface area contributed by atoms with Gasteiger partial charge in [0.1, 0.15) is 6.04 Å². The maximum atomic E-state index is 12.4. The molecule has 2 rings (SSSR count). The SMILES string of the molecule is COC(=O)[C@H](C)NC(=O)c1ccccc1[I+]c1ccccc1. The maximum absolute atomic E-state index is 12.4. The van der Waals surface area contributed by atoms with Gasteiger partial charge in [-0.15, -0.1) is 0 Å². The van der Waals surface area contributed by atoms with Gasteiger partial charge in [0.25, 0.3) is 5.91 Å². The molecule has 0 aliphatic rings. The molecule has 0 spiro atoms. The molecule has 0 saturated carbocycles. The van der Waals surface area contributed by atoms with Gasteiger partial charge in [-0.25, -0.2) is 4.79 Å². The van der Waals surface area contributed by atoms with Crippen LogP contribution in [-0.4, -0.2) is 25.0 Å². The average molecular weight is 410 g/mol. The van der Waals surface area contributed by atoms with E-state index in [1.165, 1.54) is 10.7 Å². The van der Waals surface area contributed by atoms with Gasteiger partial charge in [0.05, 0.1) is 12.7 Å². The van der Waals surface area contributed by atoms with E-state index in [4.69, 9.17) is 0 Å². The van der Waals surface area contributed by atoms with Gasteiger partial charge >= 0.3 is 27.2 Å². The molecule has 0 fully saturated rings. The topological polar surface area (TPSA) is 55.4 Å². The molecule has 22 heavy (non-hydrogen) atoms. The third-order valence-electron chi connectivity index (χ3n) is 2.96. The first-order valence-electron chi connectivity index (χ1n) is 6.79. The highest BCUT2D eigenvalue weighted by molar-refractivity contribution is 5.96. The van der Waals surface area contributed by atoms with Crippen LogP contribution >= 0.6 is 0 Å². The molecule has 0 unspecified atom stereocenters. The van der Waals surface area contributed by atoms with Gasteiger partial charge in [0.2, 0.25) is 3.57 Å². The second kappa shape index (κ2) is 7.93. The van der Waals surface area contributed by atoms with Crippen molar-refractivity contribution < 1.29 is 35.5 Å². The Bertz CT molecular complexity index is 658. The van der Waals surface area contributed by atoms with Crippen molar-refractivity contribution in [2.24, 2.45) is 0 Å². The minimum absolute atomic E-state index is 0.246. The Balaban J connectivity index is 2.17. The molecule has 1 atom stereocenters. The number of rotatable bonds is 5. The molecule has 0 saturated heterocycles. The zero-order valence-electron chi connectivity index (χ0n) is 12.4. The highest BCUT2D eigenvalue weighted by Crippen LogP contribution is 2.00. The molecule has 0 radical (unpaired) electrons. The molecule has 2 aromatic rings. The molecule has 0 aromatic heterocycles. The lowest BCUT2D eigenvalue weighted by Crippen LogP contribution is -3.61. The Morgan fingerprint density at radius 2 is 1.68 bits per heavy atom. The smallest absolute Gasteiger partial charge is 0.358 e. The van der Waals surface area contributed by atoms with E-state index in [9.17, 15) is 9.59 Å². The largest absolute Gasteiger partial charge is 0.467 e. The summed E-state index contributed by atoms with van der Waals surface area (Å²) in [6.45, 7) is 1.61. The predicted molar refractivity (Wildman–Crippen MR) is 79.2 cm³/mol. The zero-order chi connectivity index (χ0) is 15.9. The van der Waals surface area contributed by atoms with E-state index in [2.05, 4.69) is 22.2 Å². The molecule has 2 aromatic carbocycles. The predicted octanol–water partition coefficient (Wildman–Crippen LogP) is -0.894. The van der Waals surface area contributed by atoms with Gasteiger partial charge in [0, 0.05) is 0 Å². The number of methoxy groups -OCH3 is 1. The fourth-order valence-corrected chi connectivity index (χ4v) is 4.38. The first-order chi connectivity index (χ1) is 10.6. The summed E-state index contributed by atoms with van der Waals surface area (Å²) in [5.41, 5.74) is 0.620. The van der Waals surface area contributed by atoms with Crippen molar-refractivity contribution >= 4 is 11.9 Å². The van der Waals surface area contributed by atoms with Gasteiger partial charge in [-0.3, -0.25) is 4.79 Å². The summed E-state index contributed by atoms with van der Waals surface area (Å²) >= 11 is -0.449. The molecule has 5 heteroatoms. The fourth-order valence-electron chi connectivity index (χ4n) is 1.83. The van der Waals surface area contributed by atoms with Crippen molar-refractivity contribution in [1.82, 2.24) is 5.32 Å². The number of amides is 1. The van der Waals surface area contributed by atoms with Crippen LogP contribution in [0.4, 0.5) is 0 Å². The number of hydrogen-bond acceptors (Lipinski definition) is 3. The van der Waals surface area contributed by atoms with E-state index in [0.29, 0.717) is 5.56 Å². The Morgan fingerprint density at radius 3 is 2.36 bits per heavy atom. The van der Waals surface area contributed by atoms with E-state index < -0.39 is 33.2 Å². The minimum atomic E-state index is -0.666. The van der Waals surface area contributed by atoms with Crippen LogP contribution in [0.25, 0.3) is 0 Å². The molecule has 0 aliphatic carbocycles. The number of benzene rings is 2. The summed E-state index contributed by atoms with van der Waals surface area (Å²) in [5.74, 6) is -0.701. The molecule has 0 heterocycles.